The quantitative estimate of drug-likeness (QED) is 0.779. The lowest BCUT2D eigenvalue weighted by Crippen LogP contribution is -2.39. The summed E-state index contributed by atoms with van der Waals surface area (Å²) < 4.78 is 0. The van der Waals surface area contributed by atoms with Crippen molar-refractivity contribution in [1.82, 2.24) is 4.90 Å². The van der Waals surface area contributed by atoms with E-state index in [-0.39, 0.29) is 0 Å². The van der Waals surface area contributed by atoms with Gasteiger partial charge in [-0.3, -0.25) is 4.79 Å². The van der Waals surface area contributed by atoms with Gasteiger partial charge >= 0.3 is 0 Å². The zero-order valence-corrected chi connectivity index (χ0v) is 10.7. The molecule has 0 bridgehead atoms. The first-order valence-electron chi connectivity index (χ1n) is 6.61. The molecule has 0 aromatic rings. The second-order valence-electron chi connectivity index (χ2n) is 5.31. The van der Waals surface area contributed by atoms with Gasteiger partial charge in [-0.2, -0.15) is 0 Å². The minimum atomic E-state index is 0.343. The van der Waals surface area contributed by atoms with Crippen molar-refractivity contribution in [2.45, 2.75) is 46.0 Å². The predicted octanol–water partition coefficient (Wildman–Crippen LogP) is 2.01. The lowest BCUT2D eigenvalue weighted by Gasteiger charge is -2.31. The molecule has 0 aliphatic carbocycles. The van der Waals surface area contributed by atoms with Gasteiger partial charge in [0.15, 0.2) is 0 Å². The van der Waals surface area contributed by atoms with E-state index in [1.54, 1.807) is 0 Å². The standard InChI is InChI=1S/C13H26N2O/c1-11(7-8-14)5-6-13(16)15-9-3-4-12(2)10-15/h11-12H,3-10,14H2,1-2H3. The molecule has 3 nitrogen and oxygen atoms in total. The Hall–Kier alpha value is -0.570. The molecule has 0 aromatic carbocycles. The van der Waals surface area contributed by atoms with Crippen LogP contribution in [-0.4, -0.2) is 30.4 Å². The molecule has 1 aliphatic rings. The summed E-state index contributed by atoms with van der Waals surface area (Å²) in [6.07, 6.45) is 5.16. The van der Waals surface area contributed by atoms with E-state index in [4.69, 9.17) is 5.73 Å². The smallest absolute Gasteiger partial charge is 0.222 e. The topological polar surface area (TPSA) is 46.3 Å². The number of nitrogens with zero attached hydrogens (tertiary/aromatic N) is 1. The van der Waals surface area contributed by atoms with Crippen LogP contribution in [0.25, 0.3) is 0 Å². The van der Waals surface area contributed by atoms with Gasteiger partial charge in [0.25, 0.3) is 0 Å². The second-order valence-corrected chi connectivity index (χ2v) is 5.31. The summed E-state index contributed by atoms with van der Waals surface area (Å²) in [6.45, 7) is 7.07. The minimum Gasteiger partial charge on any atom is -0.342 e. The fourth-order valence-electron chi connectivity index (χ4n) is 2.37. The molecule has 0 spiro atoms. The van der Waals surface area contributed by atoms with Gasteiger partial charge in [-0.25, -0.2) is 0 Å². The molecule has 3 heteroatoms. The van der Waals surface area contributed by atoms with E-state index in [2.05, 4.69) is 13.8 Å². The van der Waals surface area contributed by atoms with E-state index >= 15 is 0 Å². The molecule has 1 rings (SSSR count). The third kappa shape index (κ3) is 4.52. The van der Waals surface area contributed by atoms with Crippen molar-refractivity contribution in [3.05, 3.63) is 0 Å². The third-order valence-corrected chi connectivity index (χ3v) is 3.52. The Bertz CT molecular complexity index is 218. The van der Waals surface area contributed by atoms with Gasteiger partial charge in [-0.1, -0.05) is 13.8 Å². The van der Waals surface area contributed by atoms with Crippen LogP contribution in [-0.2, 0) is 4.79 Å². The Morgan fingerprint density at radius 1 is 1.50 bits per heavy atom. The van der Waals surface area contributed by atoms with E-state index in [1.807, 2.05) is 4.90 Å². The normalized spacial score (nSPS) is 23.2. The molecule has 16 heavy (non-hydrogen) atoms. The fourth-order valence-corrected chi connectivity index (χ4v) is 2.37. The van der Waals surface area contributed by atoms with Crippen LogP contribution in [0.15, 0.2) is 0 Å². The van der Waals surface area contributed by atoms with Gasteiger partial charge in [0.2, 0.25) is 5.91 Å². The highest BCUT2D eigenvalue weighted by atomic mass is 16.2. The van der Waals surface area contributed by atoms with Crippen LogP contribution >= 0.6 is 0 Å². The maximum Gasteiger partial charge on any atom is 0.222 e. The van der Waals surface area contributed by atoms with Crippen LogP contribution in [0.5, 0.6) is 0 Å². The zero-order valence-electron chi connectivity index (χ0n) is 10.7. The third-order valence-electron chi connectivity index (χ3n) is 3.52. The van der Waals surface area contributed by atoms with E-state index in [9.17, 15) is 4.79 Å². The number of carbonyl (C=O) groups is 1. The number of nitrogens with two attached hydrogens (primary N) is 1. The average molecular weight is 226 g/mol. The number of rotatable bonds is 5. The Balaban J connectivity index is 2.23. The van der Waals surface area contributed by atoms with E-state index < -0.39 is 0 Å². The van der Waals surface area contributed by atoms with Crippen molar-refractivity contribution >= 4 is 5.91 Å². The average Bonchev–Trinajstić information content (AvgIpc) is 2.26. The van der Waals surface area contributed by atoms with Crippen molar-refractivity contribution in [3.8, 4) is 0 Å². The zero-order chi connectivity index (χ0) is 12.0. The molecule has 1 heterocycles. The van der Waals surface area contributed by atoms with Crippen molar-refractivity contribution in [2.75, 3.05) is 19.6 Å². The molecule has 1 aliphatic heterocycles. The van der Waals surface area contributed by atoms with E-state index in [1.165, 1.54) is 12.8 Å². The van der Waals surface area contributed by atoms with Gasteiger partial charge in [-0.05, 0) is 44.1 Å². The lowest BCUT2D eigenvalue weighted by atomic mass is 9.98. The van der Waals surface area contributed by atoms with Gasteiger partial charge in [-0.15, -0.1) is 0 Å². The van der Waals surface area contributed by atoms with Gasteiger partial charge in [0.1, 0.15) is 0 Å². The fraction of sp³-hybridized carbons (Fsp3) is 0.923. The Morgan fingerprint density at radius 3 is 2.88 bits per heavy atom. The number of hydrogen-bond donors (Lipinski definition) is 1. The Morgan fingerprint density at radius 2 is 2.25 bits per heavy atom. The first kappa shape index (κ1) is 13.5. The monoisotopic (exact) mass is 226 g/mol. The highest BCUT2D eigenvalue weighted by Gasteiger charge is 2.20. The van der Waals surface area contributed by atoms with Crippen LogP contribution in [0.4, 0.5) is 0 Å². The van der Waals surface area contributed by atoms with Crippen molar-refractivity contribution in [3.63, 3.8) is 0 Å². The minimum absolute atomic E-state index is 0.343. The second kappa shape index (κ2) is 6.89. The summed E-state index contributed by atoms with van der Waals surface area (Å²) in [6, 6.07) is 0. The molecule has 1 fully saturated rings. The molecule has 2 unspecified atom stereocenters. The number of likely N-dealkylation sites (tertiary alicyclic amines) is 1. The summed E-state index contributed by atoms with van der Waals surface area (Å²) >= 11 is 0. The highest BCUT2D eigenvalue weighted by Crippen LogP contribution is 2.18. The predicted molar refractivity (Wildman–Crippen MR) is 67.0 cm³/mol. The van der Waals surface area contributed by atoms with Crippen LogP contribution in [0.3, 0.4) is 0 Å². The number of carbonyl (C=O) groups excluding carboxylic acids is 1. The molecule has 0 saturated carbocycles. The lowest BCUT2D eigenvalue weighted by molar-refractivity contribution is -0.133. The van der Waals surface area contributed by atoms with Crippen molar-refractivity contribution in [1.29, 1.82) is 0 Å². The summed E-state index contributed by atoms with van der Waals surface area (Å²) in [5.74, 6) is 1.60. The maximum absolute atomic E-state index is 11.9. The molecule has 94 valence electrons. The first-order valence-corrected chi connectivity index (χ1v) is 6.61. The van der Waals surface area contributed by atoms with Gasteiger partial charge < -0.3 is 10.6 Å². The molecule has 1 saturated heterocycles. The van der Waals surface area contributed by atoms with Gasteiger partial charge in [0, 0.05) is 19.5 Å². The van der Waals surface area contributed by atoms with Crippen LogP contribution < -0.4 is 5.73 Å². The summed E-state index contributed by atoms with van der Waals surface area (Å²) in [5.41, 5.74) is 5.50. The molecular formula is C13H26N2O. The summed E-state index contributed by atoms with van der Waals surface area (Å²) in [4.78, 5) is 14.0. The van der Waals surface area contributed by atoms with Crippen LogP contribution in [0, 0.1) is 11.8 Å². The number of piperidine rings is 1. The summed E-state index contributed by atoms with van der Waals surface area (Å²) in [5, 5.41) is 0. The first-order chi connectivity index (χ1) is 7.63. The highest BCUT2D eigenvalue weighted by molar-refractivity contribution is 5.76. The molecule has 0 aromatic heterocycles. The summed E-state index contributed by atoms with van der Waals surface area (Å²) in [7, 11) is 0. The van der Waals surface area contributed by atoms with Gasteiger partial charge in [0.05, 0.1) is 0 Å². The molecule has 0 radical (unpaired) electrons. The molecule has 2 N–H and O–H groups in total. The largest absolute Gasteiger partial charge is 0.342 e. The van der Waals surface area contributed by atoms with Crippen molar-refractivity contribution < 1.29 is 4.79 Å². The molecule has 1 amide bonds. The Labute approximate surface area is 99.4 Å². The molecular weight excluding hydrogens is 200 g/mol. The molecule has 2 atom stereocenters. The number of hydrogen-bond acceptors (Lipinski definition) is 2. The maximum atomic E-state index is 11.9. The van der Waals surface area contributed by atoms with Crippen molar-refractivity contribution in [2.24, 2.45) is 17.6 Å². The number of amides is 1. The SMILES string of the molecule is CC(CCN)CCC(=O)N1CCCC(C)C1. The van der Waals surface area contributed by atoms with E-state index in [0.29, 0.717) is 24.2 Å². The van der Waals surface area contributed by atoms with Crippen LogP contribution in [0.1, 0.15) is 46.0 Å². The Kier molecular flexibility index (Phi) is 5.81. The van der Waals surface area contributed by atoms with E-state index in [0.717, 1.165) is 32.5 Å². The van der Waals surface area contributed by atoms with Crippen LogP contribution in [0.2, 0.25) is 0 Å².